The Morgan fingerprint density at radius 2 is 2.25 bits per heavy atom. The molecule has 1 atom stereocenters. The van der Waals surface area contributed by atoms with Gasteiger partial charge in [-0.25, -0.2) is 4.98 Å². The number of rotatable bonds is 6. The van der Waals surface area contributed by atoms with Crippen LogP contribution in [-0.4, -0.2) is 41.6 Å². The van der Waals surface area contributed by atoms with Crippen molar-refractivity contribution in [1.29, 1.82) is 0 Å². The molecule has 0 aliphatic heterocycles. The van der Waals surface area contributed by atoms with Crippen LogP contribution in [0.2, 0.25) is 0 Å². The fourth-order valence-electron chi connectivity index (χ4n) is 1.37. The highest BCUT2D eigenvalue weighted by molar-refractivity contribution is 7.98. The second-order valence-electron chi connectivity index (χ2n) is 3.71. The number of anilines is 2. The van der Waals surface area contributed by atoms with E-state index in [1.165, 1.54) is 0 Å². The number of nitrogens with zero attached hydrogens (tertiary/aromatic N) is 3. The molecule has 1 unspecified atom stereocenters. The van der Waals surface area contributed by atoms with Gasteiger partial charge < -0.3 is 10.2 Å². The molecule has 0 aliphatic rings. The van der Waals surface area contributed by atoms with Crippen LogP contribution in [0.25, 0.3) is 0 Å². The summed E-state index contributed by atoms with van der Waals surface area (Å²) in [4.78, 5) is 10.9. The van der Waals surface area contributed by atoms with Crippen molar-refractivity contribution in [1.82, 2.24) is 9.97 Å². The van der Waals surface area contributed by atoms with E-state index in [0.29, 0.717) is 6.04 Å². The molecule has 0 aromatic carbocycles. The maximum atomic E-state index is 4.51. The number of hydrogen-bond acceptors (Lipinski definition) is 5. The van der Waals surface area contributed by atoms with Crippen molar-refractivity contribution in [2.45, 2.75) is 19.9 Å². The molecule has 0 bridgehead atoms. The lowest BCUT2D eigenvalue weighted by Crippen LogP contribution is -2.31. The van der Waals surface area contributed by atoms with Crippen LogP contribution in [0, 0.1) is 0 Å². The van der Waals surface area contributed by atoms with E-state index in [0.717, 1.165) is 23.9 Å². The van der Waals surface area contributed by atoms with E-state index in [-0.39, 0.29) is 0 Å². The first kappa shape index (κ1) is 13.1. The molecule has 0 spiro atoms. The van der Waals surface area contributed by atoms with Crippen molar-refractivity contribution < 1.29 is 0 Å². The van der Waals surface area contributed by atoms with Gasteiger partial charge in [0, 0.05) is 25.4 Å². The number of thioether (sulfide) groups is 1. The zero-order valence-electron chi connectivity index (χ0n) is 10.4. The Kier molecular flexibility index (Phi) is 5.38. The Bertz CT molecular complexity index is 319. The average Bonchev–Trinajstić information content (AvgIpc) is 2.29. The zero-order valence-corrected chi connectivity index (χ0v) is 11.2. The van der Waals surface area contributed by atoms with Crippen molar-refractivity contribution in [3.63, 3.8) is 0 Å². The number of nitrogens with one attached hydrogen (secondary N) is 1. The van der Waals surface area contributed by atoms with Crippen LogP contribution in [0.3, 0.4) is 0 Å². The van der Waals surface area contributed by atoms with Crippen molar-refractivity contribution in [2.75, 3.05) is 35.8 Å². The summed E-state index contributed by atoms with van der Waals surface area (Å²) in [5.74, 6) is 2.84. The van der Waals surface area contributed by atoms with E-state index in [1.807, 2.05) is 11.8 Å². The van der Waals surface area contributed by atoms with Gasteiger partial charge in [-0.1, -0.05) is 0 Å². The van der Waals surface area contributed by atoms with Gasteiger partial charge in [-0.05, 0) is 20.1 Å². The predicted octanol–water partition coefficient (Wildman–Crippen LogP) is 2.10. The van der Waals surface area contributed by atoms with Gasteiger partial charge in [-0.15, -0.1) is 0 Å². The maximum absolute atomic E-state index is 4.51. The molecule has 4 nitrogen and oxygen atoms in total. The molecule has 0 fully saturated rings. The monoisotopic (exact) mass is 240 g/mol. The highest BCUT2D eigenvalue weighted by Crippen LogP contribution is 2.15. The van der Waals surface area contributed by atoms with E-state index in [9.17, 15) is 0 Å². The summed E-state index contributed by atoms with van der Waals surface area (Å²) in [5.41, 5.74) is 0. The smallest absolute Gasteiger partial charge is 0.149 e. The van der Waals surface area contributed by atoms with Crippen molar-refractivity contribution in [3.8, 4) is 0 Å². The Hall–Kier alpha value is -0.970. The van der Waals surface area contributed by atoms with Gasteiger partial charge in [0.05, 0.1) is 12.4 Å². The topological polar surface area (TPSA) is 41.1 Å². The molecule has 16 heavy (non-hydrogen) atoms. The van der Waals surface area contributed by atoms with E-state index in [1.54, 1.807) is 12.4 Å². The highest BCUT2D eigenvalue weighted by Gasteiger charge is 2.11. The van der Waals surface area contributed by atoms with Crippen LogP contribution in [0.15, 0.2) is 12.4 Å². The SMILES string of the molecule is CCNc1cncc(N(C)C(C)CSC)n1. The summed E-state index contributed by atoms with van der Waals surface area (Å²) in [7, 11) is 2.06. The van der Waals surface area contributed by atoms with E-state index < -0.39 is 0 Å². The molecule has 1 N–H and O–H groups in total. The molecule has 1 rings (SSSR count). The van der Waals surface area contributed by atoms with Gasteiger partial charge in [-0.2, -0.15) is 11.8 Å². The first-order valence-electron chi connectivity index (χ1n) is 5.46. The van der Waals surface area contributed by atoms with Gasteiger partial charge in [0.15, 0.2) is 0 Å². The standard InChI is InChI=1S/C11H20N4S/c1-5-13-10-6-12-7-11(14-10)15(3)9(2)8-16-4/h6-7,9H,5,8H2,1-4H3,(H,13,14). The quantitative estimate of drug-likeness (QED) is 0.824. The molecule has 0 radical (unpaired) electrons. The van der Waals surface area contributed by atoms with Crippen molar-refractivity contribution >= 4 is 23.4 Å². The van der Waals surface area contributed by atoms with Crippen molar-refractivity contribution in [3.05, 3.63) is 12.4 Å². The van der Waals surface area contributed by atoms with Crippen LogP contribution in [0.5, 0.6) is 0 Å². The summed E-state index contributed by atoms with van der Waals surface area (Å²) < 4.78 is 0. The Labute approximate surface area is 102 Å². The third-order valence-electron chi connectivity index (χ3n) is 2.41. The predicted molar refractivity (Wildman–Crippen MR) is 72.4 cm³/mol. The third kappa shape index (κ3) is 3.56. The number of hydrogen-bond donors (Lipinski definition) is 1. The summed E-state index contributed by atoms with van der Waals surface area (Å²) in [6.07, 6.45) is 5.67. The van der Waals surface area contributed by atoms with Crippen LogP contribution < -0.4 is 10.2 Å². The highest BCUT2D eigenvalue weighted by atomic mass is 32.2. The minimum absolute atomic E-state index is 0.459. The minimum atomic E-state index is 0.459. The van der Waals surface area contributed by atoms with Gasteiger partial charge in [-0.3, -0.25) is 4.98 Å². The first-order valence-corrected chi connectivity index (χ1v) is 6.86. The second kappa shape index (κ2) is 6.58. The number of aromatic nitrogens is 2. The average molecular weight is 240 g/mol. The molecule has 0 saturated heterocycles. The van der Waals surface area contributed by atoms with Crippen LogP contribution >= 0.6 is 11.8 Å². The normalized spacial score (nSPS) is 12.2. The van der Waals surface area contributed by atoms with Gasteiger partial charge in [0.25, 0.3) is 0 Å². The Morgan fingerprint density at radius 1 is 1.50 bits per heavy atom. The van der Waals surface area contributed by atoms with Crippen LogP contribution in [0.1, 0.15) is 13.8 Å². The van der Waals surface area contributed by atoms with Crippen LogP contribution in [0.4, 0.5) is 11.6 Å². The summed E-state index contributed by atoms with van der Waals surface area (Å²) in [6.45, 7) is 5.11. The summed E-state index contributed by atoms with van der Waals surface area (Å²) in [6, 6.07) is 0.459. The molecule has 0 amide bonds. The van der Waals surface area contributed by atoms with Crippen LogP contribution in [-0.2, 0) is 0 Å². The fourth-order valence-corrected chi connectivity index (χ4v) is 2.08. The maximum Gasteiger partial charge on any atom is 0.149 e. The van der Waals surface area contributed by atoms with E-state index in [4.69, 9.17) is 0 Å². The van der Waals surface area contributed by atoms with Crippen molar-refractivity contribution in [2.24, 2.45) is 0 Å². The lowest BCUT2D eigenvalue weighted by Gasteiger charge is -2.25. The third-order valence-corrected chi connectivity index (χ3v) is 3.23. The summed E-state index contributed by atoms with van der Waals surface area (Å²) in [5, 5.41) is 3.17. The Morgan fingerprint density at radius 3 is 2.88 bits per heavy atom. The molecule has 5 heteroatoms. The van der Waals surface area contributed by atoms with Gasteiger partial charge in [0.1, 0.15) is 11.6 Å². The van der Waals surface area contributed by atoms with E-state index in [2.05, 4.69) is 47.3 Å². The molecule has 1 aromatic rings. The molecular formula is C11H20N4S. The lowest BCUT2D eigenvalue weighted by atomic mass is 10.3. The molecular weight excluding hydrogens is 220 g/mol. The second-order valence-corrected chi connectivity index (χ2v) is 4.62. The molecule has 90 valence electrons. The molecule has 1 aromatic heterocycles. The minimum Gasteiger partial charge on any atom is -0.369 e. The molecule has 1 heterocycles. The molecule has 0 aliphatic carbocycles. The first-order chi connectivity index (χ1) is 7.69. The largest absolute Gasteiger partial charge is 0.369 e. The molecule has 0 saturated carbocycles. The van der Waals surface area contributed by atoms with Gasteiger partial charge in [0.2, 0.25) is 0 Å². The Balaban J connectivity index is 2.74. The zero-order chi connectivity index (χ0) is 12.0. The fraction of sp³-hybridized carbons (Fsp3) is 0.636. The van der Waals surface area contributed by atoms with E-state index >= 15 is 0 Å². The van der Waals surface area contributed by atoms with Gasteiger partial charge >= 0.3 is 0 Å². The lowest BCUT2D eigenvalue weighted by molar-refractivity contribution is 0.751. The summed E-state index contributed by atoms with van der Waals surface area (Å²) >= 11 is 1.84.